The number of hydrogen-bond acceptors (Lipinski definition) is 3. The summed E-state index contributed by atoms with van der Waals surface area (Å²) in [6.07, 6.45) is 1.58. The van der Waals surface area contributed by atoms with Crippen molar-refractivity contribution in [2.45, 2.75) is 20.8 Å². The number of nitrogens with one attached hydrogen (secondary N) is 4. The Labute approximate surface area is 164 Å². The standard InChI is InChI=1S/C20H22N4O2S/c1-13-8-7-11-17(14(13)2)22-20(27)24-23-19(26)18(21-15(3)25)12-16-9-5-4-6-10-16/h4-12H,1-3H3,(H,21,25)(H,23,26)(H2,22,24,27)/b18-12-. The third-order valence-corrected chi connectivity index (χ3v) is 4.01. The zero-order valence-electron chi connectivity index (χ0n) is 15.4. The van der Waals surface area contributed by atoms with Crippen molar-refractivity contribution < 1.29 is 9.59 Å². The van der Waals surface area contributed by atoms with Crippen LogP contribution >= 0.6 is 12.2 Å². The molecule has 7 heteroatoms. The maximum absolute atomic E-state index is 12.4. The Kier molecular flexibility index (Phi) is 7.08. The second kappa shape index (κ2) is 9.49. The quantitative estimate of drug-likeness (QED) is 0.371. The molecular weight excluding hydrogens is 360 g/mol. The van der Waals surface area contributed by atoms with Gasteiger partial charge in [-0.05, 0) is 54.9 Å². The minimum Gasteiger partial charge on any atom is -0.331 e. The van der Waals surface area contributed by atoms with Crippen molar-refractivity contribution in [1.82, 2.24) is 16.2 Å². The van der Waals surface area contributed by atoms with Gasteiger partial charge in [0.15, 0.2) is 5.11 Å². The van der Waals surface area contributed by atoms with E-state index in [0.717, 1.165) is 22.4 Å². The van der Waals surface area contributed by atoms with Crippen LogP contribution in [-0.2, 0) is 9.59 Å². The van der Waals surface area contributed by atoms with Crippen LogP contribution in [0.5, 0.6) is 0 Å². The molecule has 2 aromatic rings. The van der Waals surface area contributed by atoms with Gasteiger partial charge in [-0.15, -0.1) is 0 Å². The molecule has 0 fully saturated rings. The van der Waals surface area contributed by atoms with E-state index in [1.807, 2.05) is 62.4 Å². The first-order valence-corrected chi connectivity index (χ1v) is 8.75. The second-order valence-electron chi connectivity index (χ2n) is 5.93. The van der Waals surface area contributed by atoms with E-state index in [2.05, 4.69) is 21.5 Å². The highest BCUT2D eigenvalue weighted by molar-refractivity contribution is 7.80. The van der Waals surface area contributed by atoms with Crippen LogP contribution in [0.3, 0.4) is 0 Å². The molecular formula is C20H22N4O2S. The van der Waals surface area contributed by atoms with E-state index in [9.17, 15) is 9.59 Å². The van der Waals surface area contributed by atoms with Crippen LogP contribution in [0.15, 0.2) is 54.2 Å². The monoisotopic (exact) mass is 382 g/mol. The SMILES string of the molecule is CC(=O)N/C(=C\c1ccccc1)C(=O)NNC(=S)Nc1cccc(C)c1C. The second-order valence-corrected chi connectivity index (χ2v) is 6.34. The van der Waals surface area contributed by atoms with Gasteiger partial charge in [-0.3, -0.25) is 20.4 Å². The van der Waals surface area contributed by atoms with E-state index in [-0.39, 0.29) is 16.7 Å². The fourth-order valence-electron chi connectivity index (χ4n) is 2.28. The highest BCUT2D eigenvalue weighted by Gasteiger charge is 2.12. The van der Waals surface area contributed by atoms with E-state index in [1.54, 1.807) is 6.08 Å². The lowest BCUT2D eigenvalue weighted by Gasteiger charge is -2.15. The van der Waals surface area contributed by atoms with Gasteiger partial charge >= 0.3 is 0 Å². The molecule has 2 aromatic carbocycles. The summed E-state index contributed by atoms with van der Waals surface area (Å²) >= 11 is 5.22. The van der Waals surface area contributed by atoms with Crippen molar-refractivity contribution in [3.8, 4) is 0 Å². The van der Waals surface area contributed by atoms with Crippen molar-refractivity contribution in [3.63, 3.8) is 0 Å². The van der Waals surface area contributed by atoms with Crippen molar-refractivity contribution >= 4 is 40.9 Å². The molecule has 0 aliphatic carbocycles. The molecule has 0 unspecified atom stereocenters. The minimum absolute atomic E-state index is 0.107. The molecule has 0 atom stereocenters. The van der Waals surface area contributed by atoms with Gasteiger partial charge in [-0.25, -0.2) is 0 Å². The average molecular weight is 382 g/mol. The van der Waals surface area contributed by atoms with Gasteiger partial charge in [0.25, 0.3) is 5.91 Å². The lowest BCUT2D eigenvalue weighted by Crippen LogP contribution is -2.46. The number of anilines is 1. The van der Waals surface area contributed by atoms with Crippen LogP contribution in [0.4, 0.5) is 5.69 Å². The molecule has 0 aliphatic heterocycles. The van der Waals surface area contributed by atoms with E-state index < -0.39 is 5.91 Å². The molecule has 0 aliphatic rings. The Hall–Kier alpha value is -3.19. The van der Waals surface area contributed by atoms with Gasteiger partial charge in [0.05, 0.1) is 0 Å². The summed E-state index contributed by atoms with van der Waals surface area (Å²) in [6.45, 7) is 5.33. The molecule has 2 amide bonds. The summed E-state index contributed by atoms with van der Waals surface area (Å²) in [4.78, 5) is 23.8. The molecule has 4 N–H and O–H groups in total. The summed E-state index contributed by atoms with van der Waals surface area (Å²) < 4.78 is 0. The zero-order chi connectivity index (χ0) is 19.8. The summed E-state index contributed by atoms with van der Waals surface area (Å²) in [6, 6.07) is 15.0. The first-order chi connectivity index (χ1) is 12.9. The first kappa shape index (κ1) is 20.1. The van der Waals surface area contributed by atoms with Gasteiger partial charge in [-0.2, -0.15) is 0 Å². The van der Waals surface area contributed by atoms with Gasteiger partial charge in [0.2, 0.25) is 5.91 Å². The summed E-state index contributed by atoms with van der Waals surface area (Å²) in [5.74, 6) is -0.859. The van der Waals surface area contributed by atoms with Gasteiger partial charge in [0, 0.05) is 12.6 Å². The van der Waals surface area contributed by atoms with Crippen LogP contribution in [0.25, 0.3) is 6.08 Å². The Morgan fingerprint density at radius 3 is 2.33 bits per heavy atom. The van der Waals surface area contributed by atoms with E-state index >= 15 is 0 Å². The number of carbonyl (C=O) groups is 2. The number of carbonyl (C=O) groups excluding carboxylic acids is 2. The maximum Gasteiger partial charge on any atom is 0.286 e. The van der Waals surface area contributed by atoms with Gasteiger partial charge in [0.1, 0.15) is 5.70 Å². The minimum atomic E-state index is -0.515. The third-order valence-electron chi connectivity index (χ3n) is 3.81. The van der Waals surface area contributed by atoms with Gasteiger partial charge < -0.3 is 10.6 Å². The summed E-state index contributed by atoms with van der Waals surface area (Å²) in [5.41, 5.74) is 9.07. The highest BCUT2D eigenvalue weighted by atomic mass is 32.1. The van der Waals surface area contributed by atoms with E-state index in [4.69, 9.17) is 12.2 Å². The largest absolute Gasteiger partial charge is 0.331 e. The third kappa shape index (κ3) is 6.23. The van der Waals surface area contributed by atoms with Crippen molar-refractivity contribution in [2.75, 3.05) is 5.32 Å². The van der Waals surface area contributed by atoms with Crippen LogP contribution in [-0.4, -0.2) is 16.9 Å². The smallest absolute Gasteiger partial charge is 0.286 e. The molecule has 0 spiro atoms. The lowest BCUT2D eigenvalue weighted by molar-refractivity contribution is -0.122. The Balaban J connectivity index is 2.02. The topological polar surface area (TPSA) is 82.3 Å². The maximum atomic E-state index is 12.4. The Morgan fingerprint density at radius 2 is 1.67 bits per heavy atom. The zero-order valence-corrected chi connectivity index (χ0v) is 16.2. The van der Waals surface area contributed by atoms with Crippen LogP contribution < -0.4 is 21.5 Å². The number of rotatable bonds is 4. The van der Waals surface area contributed by atoms with E-state index in [1.165, 1.54) is 6.92 Å². The number of amides is 2. The molecule has 6 nitrogen and oxygen atoms in total. The Morgan fingerprint density at radius 1 is 0.963 bits per heavy atom. The number of hydrazine groups is 1. The molecule has 0 heterocycles. The fraction of sp³-hybridized carbons (Fsp3) is 0.150. The number of benzene rings is 2. The summed E-state index contributed by atoms with van der Waals surface area (Å²) in [7, 11) is 0. The molecule has 27 heavy (non-hydrogen) atoms. The lowest BCUT2D eigenvalue weighted by atomic mass is 10.1. The Bertz CT molecular complexity index is 879. The molecule has 140 valence electrons. The van der Waals surface area contributed by atoms with Crippen molar-refractivity contribution in [2.24, 2.45) is 0 Å². The van der Waals surface area contributed by atoms with E-state index in [0.29, 0.717) is 0 Å². The van der Waals surface area contributed by atoms with Crippen molar-refractivity contribution in [1.29, 1.82) is 0 Å². The fourth-order valence-corrected chi connectivity index (χ4v) is 2.45. The molecule has 0 radical (unpaired) electrons. The normalized spacial score (nSPS) is 10.7. The van der Waals surface area contributed by atoms with Gasteiger partial charge in [-0.1, -0.05) is 42.5 Å². The summed E-state index contributed by atoms with van der Waals surface area (Å²) in [5, 5.41) is 5.79. The average Bonchev–Trinajstić information content (AvgIpc) is 2.63. The molecule has 0 bridgehead atoms. The number of hydrogen-bond donors (Lipinski definition) is 4. The van der Waals surface area contributed by atoms with Crippen LogP contribution in [0, 0.1) is 13.8 Å². The highest BCUT2D eigenvalue weighted by Crippen LogP contribution is 2.17. The molecule has 0 saturated carbocycles. The number of thiocarbonyl (C=S) groups is 1. The molecule has 2 rings (SSSR count). The first-order valence-electron chi connectivity index (χ1n) is 8.34. The van der Waals surface area contributed by atoms with Crippen molar-refractivity contribution in [3.05, 3.63) is 70.9 Å². The molecule has 0 aromatic heterocycles. The molecule has 0 saturated heterocycles. The predicted octanol–water partition coefficient (Wildman–Crippen LogP) is 2.80. The van der Waals surface area contributed by atoms with Crippen LogP contribution in [0.1, 0.15) is 23.6 Å². The predicted molar refractivity (Wildman–Crippen MR) is 112 cm³/mol. The number of aryl methyl sites for hydroxylation is 1. The van der Waals surface area contributed by atoms with Crippen LogP contribution in [0.2, 0.25) is 0 Å².